The van der Waals surface area contributed by atoms with Crippen LogP contribution in [0.15, 0.2) is 46.0 Å². The quantitative estimate of drug-likeness (QED) is 0.625. The van der Waals surface area contributed by atoms with Crippen LogP contribution in [0.5, 0.6) is 0 Å². The van der Waals surface area contributed by atoms with Crippen LogP contribution in [-0.2, 0) is 11.2 Å². The minimum Gasteiger partial charge on any atom is -0.377 e. The van der Waals surface area contributed by atoms with Gasteiger partial charge in [-0.05, 0) is 58.6 Å². The van der Waals surface area contributed by atoms with E-state index in [0.29, 0.717) is 6.42 Å². The molecule has 0 saturated heterocycles. The number of carbonyl (C=O) groups excluding carboxylic acids is 1. The average molecular weight is 388 g/mol. The van der Waals surface area contributed by atoms with E-state index in [1.54, 1.807) is 6.21 Å². The first kappa shape index (κ1) is 18.2. The smallest absolute Gasteiger partial charge is 0.244 e. The summed E-state index contributed by atoms with van der Waals surface area (Å²) in [4.78, 5) is 14.1. The lowest BCUT2D eigenvalue weighted by Gasteiger charge is -2.14. The van der Waals surface area contributed by atoms with Crippen LogP contribution in [-0.4, -0.2) is 26.2 Å². The lowest BCUT2D eigenvalue weighted by molar-refractivity contribution is -0.120. The van der Waals surface area contributed by atoms with Gasteiger partial charge < -0.3 is 4.90 Å². The molecular weight excluding hydrogens is 366 g/mol. The minimum atomic E-state index is -0.121. The number of hydrogen-bond acceptors (Lipinski definition) is 3. The lowest BCUT2D eigenvalue weighted by atomic mass is 10.0. The number of aryl methyl sites for hydroxylation is 2. The molecular formula is C19H22BrN3O. The van der Waals surface area contributed by atoms with E-state index in [0.717, 1.165) is 32.4 Å². The van der Waals surface area contributed by atoms with E-state index in [-0.39, 0.29) is 5.91 Å². The molecule has 0 heterocycles. The second kappa shape index (κ2) is 8.11. The molecule has 0 saturated carbocycles. The van der Waals surface area contributed by atoms with E-state index in [9.17, 15) is 4.79 Å². The Balaban J connectivity index is 1.97. The van der Waals surface area contributed by atoms with E-state index in [1.807, 2.05) is 69.2 Å². The second-order valence-corrected chi connectivity index (χ2v) is 6.86. The fourth-order valence-electron chi connectivity index (χ4n) is 2.35. The zero-order chi connectivity index (χ0) is 17.7. The van der Waals surface area contributed by atoms with Crippen molar-refractivity contribution in [2.45, 2.75) is 20.3 Å². The number of hydrazone groups is 1. The molecule has 2 aromatic rings. The molecule has 126 valence electrons. The predicted octanol–water partition coefficient (Wildman–Crippen LogP) is 3.82. The van der Waals surface area contributed by atoms with Crippen molar-refractivity contribution in [2.75, 3.05) is 19.0 Å². The van der Waals surface area contributed by atoms with Crippen molar-refractivity contribution in [3.05, 3.63) is 63.1 Å². The zero-order valence-corrected chi connectivity index (χ0v) is 16.0. The second-order valence-electron chi connectivity index (χ2n) is 6.01. The number of nitrogens with one attached hydrogen (secondary N) is 1. The Bertz CT molecular complexity index is 769. The monoisotopic (exact) mass is 387 g/mol. The molecule has 0 aromatic heterocycles. The molecule has 5 heteroatoms. The SMILES string of the molecule is Cc1ccc(C)c(CC(=O)N/N=C/c2ccc(N(C)C)c(Br)c2)c1. The molecule has 4 nitrogen and oxygen atoms in total. The summed E-state index contributed by atoms with van der Waals surface area (Å²) in [5.74, 6) is -0.121. The first-order valence-corrected chi connectivity index (χ1v) is 8.51. The maximum atomic E-state index is 12.0. The molecule has 0 bridgehead atoms. The highest BCUT2D eigenvalue weighted by molar-refractivity contribution is 9.10. The highest BCUT2D eigenvalue weighted by Crippen LogP contribution is 2.25. The normalized spacial score (nSPS) is 10.9. The molecule has 0 atom stereocenters. The number of hydrogen-bond donors (Lipinski definition) is 1. The van der Waals surface area contributed by atoms with Gasteiger partial charge in [-0.3, -0.25) is 4.79 Å². The Labute approximate surface area is 151 Å². The third kappa shape index (κ3) is 4.93. The number of halogens is 1. The van der Waals surface area contributed by atoms with Gasteiger partial charge >= 0.3 is 0 Å². The van der Waals surface area contributed by atoms with Gasteiger partial charge in [0.15, 0.2) is 0 Å². The van der Waals surface area contributed by atoms with Crippen LogP contribution in [0, 0.1) is 13.8 Å². The number of rotatable bonds is 5. The Morgan fingerprint density at radius 1 is 1.21 bits per heavy atom. The molecule has 1 N–H and O–H groups in total. The molecule has 0 aliphatic heterocycles. The molecule has 0 aliphatic rings. The van der Waals surface area contributed by atoms with Gasteiger partial charge in [0, 0.05) is 18.6 Å². The van der Waals surface area contributed by atoms with Gasteiger partial charge in [-0.25, -0.2) is 5.43 Å². The van der Waals surface area contributed by atoms with Crippen molar-refractivity contribution < 1.29 is 4.79 Å². The summed E-state index contributed by atoms with van der Waals surface area (Å²) in [6, 6.07) is 12.0. The van der Waals surface area contributed by atoms with Crippen molar-refractivity contribution in [3.63, 3.8) is 0 Å². The summed E-state index contributed by atoms with van der Waals surface area (Å²) in [5.41, 5.74) is 7.89. The minimum absolute atomic E-state index is 0.121. The van der Waals surface area contributed by atoms with Crippen molar-refractivity contribution in [1.29, 1.82) is 0 Å². The summed E-state index contributed by atoms with van der Waals surface area (Å²) in [6.45, 7) is 4.03. The molecule has 24 heavy (non-hydrogen) atoms. The number of carbonyl (C=O) groups is 1. The summed E-state index contributed by atoms with van der Waals surface area (Å²) in [6.07, 6.45) is 1.97. The van der Waals surface area contributed by atoms with E-state index >= 15 is 0 Å². The first-order chi connectivity index (χ1) is 11.4. The van der Waals surface area contributed by atoms with Crippen LogP contribution in [0.25, 0.3) is 0 Å². The summed E-state index contributed by atoms with van der Waals surface area (Å²) < 4.78 is 0.984. The Kier molecular flexibility index (Phi) is 6.15. The zero-order valence-electron chi connectivity index (χ0n) is 14.4. The van der Waals surface area contributed by atoms with Gasteiger partial charge in [0.2, 0.25) is 5.91 Å². The van der Waals surface area contributed by atoms with Crippen molar-refractivity contribution >= 4 is 33.7 Å². The molecule has 0 unspecified atom stereocenters. The Morgan fingerprint density at radius 2 is 1.96 bits per heavy atom. The van der Waals surface area contributed by atoms with Crippen molar-refractivity contribution in [1.82, 2.24) is 5.43 Å². The fourth-order valence-corrected chi connectivity index (χ4v) is 3.10. The molecule has 2 aromatic carbocycles. The van der Waals surface area contributed by atoms with Crippen LogP contribution in [0.4, 0.5) is 5.69 Å². The Hall–Kier alpha value is -2.14. The maximum absolute atomic E-state index is 12.0. The van der Waals surface area contributed by atoms with Gasteiger partial charge in [-0.1, -0.05) is 29.8 Å². The van der Waals surface area contributed by atoms with E-state index < -0.39 is 0 Å². The van der Waals surface area contributed by atoms with Gasteiger partial charge in [-0.2, -0.15) is 5.10 Å². The van der Waals surface area contributed by atoms with Gasteiger partial charge in [-0.15, -0.1) is 0 Å². The fraction of sp³-hybridized carbons (Fsp3) is 0.263. The average Bonchev–Trinajstić information content (AvgIpc) is 2.50. The highest BCUT2D eigenvalue weighted by Gasteiger charge is 2.06. The molecule has 0 spiro atoms. The Morgan fingerprint density at radius 3 is 2.62 bits per heavy atom. The maximum Gasteiger partial charge on any atom is 0.244 e. The number of anilines is 1. The van der Waals surface area contributed by atoms with Gasteiger partial charge in [0.25, 0.3) is 0 Å². The van der Waals surface area contributed by atoms with Crippen LogP contribution in [0.1, 0.15) is 22.3 Å². The van der Waals surface area contributed by atoms with Crippen molar-refractivity contribution in [2.24, 2.45) is 5.10 Å². The van der Waals surface area contributed by atoms with E-state index in [1.165, 1.54) is 0 Å². The van der Waals surface area contributed by atoms with Crippen LogP contribution in [0.3, 0.4) is 0 Å². The largest absolute Gasteiger partial charge is 0.377 e. The van der Waals surface area contributed by atoms with E-state index in [4.69, 9.17) is 0 Å². The van der Waals surface area contributed by atoms with Gasteiger partial charge in [0.1, 0.15) is 0 Å². The summed E-state index contributed by atoms with van der Waals surface area (Å²) in [5, 5.41) is 4.05. The predicted molar refractivity (Wildman–Crippen MR) is 104 cm³/mol. The van der Waals surface area contributed by atoms with Crippen LogP contribution >= 0.6 is 15.9 Å². The summed E-state index contributed by atoms with van der Waals surface area (Å²) >= 11 is 3.54. The highest BCUT2D eigenvalue weighted by atomic mass is 79.9. The number of nitrogens with zero attached hydrogens (tertiary/aromatic N) is 2. The van der Waals surface area contributed by atoms with E-state index in [2.05, 4.69) is 26.5 Å². The molecule has 0 fully saturated rings. The third-order valence-corrected chi connectivity index (χ3v) is 4.35. The number of benzene rings is 2. The first-order valence-electron chi connectivity index (χ1n) is 7.71. The molecule has 2 rings (SSSR count). The third-order valence-electron chi connectivity index (χ3n) is 3.71. The van der Waals surface area contributed by atoms with Crippen LogP contribution < -0.4 is 10.3 Å². The summed E-state index contributed by atoms with van der Waals surface area (Å²) in [7, 11) is 3.97. The van der Waals surface area contributed by atoms with Gasteiger partial charge in [0.05, 0.1) is 18.3 Å². The molecule has 0 aliphatic carbocycles. The standard InChI is InChI=1S/C19H22BrN3O/c1-13-5-6-14(2)16(9-13)11-19(24)22-21-12-15-7-8-18(23(3)4)17(20)10-15/h5-10,12H,11H2,1-4H3,(H,22,24)/b21-12+. The molecule has 1 amide bonds. The topological polar surface area (TPSA) is 44.7 Å². The lowest BCUT2D eigenvalue weighted by Crippen LogP contribution is -2.20. The molecule has 0 radical (unpaired) electrons. The van der Waals surface area contributed by atoms with Crippen LogP contribution in [0.2, 0.25) is 0 Å². The number of amides is 1. The van der Waals surface area contributed by atoms with Crippen molar-refractivity contribution in [3.8, 4) is 0 Å².